The number of aromatic nitrogens is 1. The predicted octanol–water partition coefficient (Wildman–Crippen LogP) is 2.32. The topological polar surface area (TPSA) is 34.0 Å². The van der Waals surface area contributed by atoms with Crippen LogP contribution in [0.1, 0.15) is 15.4 Å². The van der Waals surface area contributed by atoms with E-state index in [0.29, 0.717) is 0 Å². The van der Waals surface area contributed by atoms with Crippen molar-refractivity contribution < 1.29 is 0 Å². The molecular formula is C14H18N2OS. The molecule has 1 N–H and O–H groups in total. The minimum Gasteiger partial charge on any atom is -0.312 e. The largest absolute Gasteiger partial charge is 0.312 e. The molecule has 18 heavy (non-hydrogen) atoms. The highest BCUT2D eigenvalue weighted by molar-refractivity contribution is 7.11. The van der Waals surface area contributed by atoms with Crippen LogP contribution in [0.2, 0.25) is 0 Å². The SMILES string of the molecule is Cc1ccc(CNCCn2c(C)cccc2=O)s1. The van der Waals surface area contributed by atoms with E-state index in [1.54, 1.807) is 16.7 Å². The van der Waals surface area contributed by atoms with Gasteiger partial charge in [0, 0.05) is 41.1 Å². The Balaban J connectivity index is 1.84. The van der Waals surface area contributed by atoms with Crippen LogP contribution in [0, 0.1) is 13.8 Å². The number of hydrogen-bond acceptors (Lipinski definition) is 3. The molecule has 0 aliphatic carbocycles. The lowest BCUT2D eigenvalue weighted by molar-refractivity contribution is 0.577. The van der Waals surface area contributed by atoms with Crippen LogP contribution in [0.4, 0.5) is 0 Å². The minimum absolute atomic E-state index is 0.0729. The van der Waals surface area contributed by atoms with E-state index in [-0.39, 0.29) is 5.56 Å². The molecule has 2 aromatic rings. The summed E-state index contributed by atoms with van der Waals surface area (Å²) in [7, 11) is 0. The highest BCUT2D eigenvalue weighted by atomic mass is 32.1. The molecule has 0 aliphatic heterocycles. The number of aryl methyl sites for hydroxylation is 2. The van der Waals surface area contributed by atoms with Crippen molar-refractivity contribution in [3.8, 4) is 0 Å². The van der Waals surface area contributed by atoms with Crippen LogP contribution >= 0.6 is 11.3 Å². The fourth-order valence-corrected chi connectivity index (χ4v) is 2.75. The van der Waals surface area contributed by atoms with Crippen molar-refractivity contribution in [2.75, 3.05) is 6.54 Å². The van der Waals surface area contributed by atoms with Gasteiger partial charge >= 0.3 is 0 Å². The van der Waals surface area contributed by atoms with Gasteiger partial charge in [-0.25, -0.2) is 0 Å². The molecule has 2 aromatic heterocycles. The Kier molecular flexibility index (Phi) is 4.33. The average Bonchev–Trinajstić information content (AvgIpc) is 2.73. The van der Waals surface area contributed by atoms with Crippen molar-refractivity contribution in [1.82, 2.24) is 9.88 Å². The second kappa shape index (κ2) is 5.98. The normalized spacial score (nSPS) is 10.8. The zero-order valence-electron chi connectivity index (χ0n) is 10.8. The van der Waals surface area contributed by atoms with Crippen molar-refractivity contribution >= 4 is 11.3 Å². The average molecular weight is 262 g/mol. The number of hydrogen-bond donors (Lipinski definition) is 1. The molecule has 0 aromatic carbocycles. The van der Waals surface area contributed by atoms with Crippen molar-refractivity contribution in [1.29, 1.82) is 0 Å². The Morgan fingerprint density at radius 1 is 1.22 bits per heavy atom. The van der Waals surface area contributed by atoms with E-state index in [9.17, 15) is 4.79 Å². The zero-order chi connectivity index (χ0) is 13.0. The van der Waals surface area contributed by atoms with Crippen LogP contribution in [0.25, 0.3) is 0 Å². The van der Waals surface area contributed by atoms with Crippen LogP contribution in [0.5, 0.6) is 0 Å². The molecule has 0 atom stereocenters. The van der Waals surface area contributed by atoms with Gasteiger partial charge in [0.25, 0.3) is 5.56 Å². The monoisotopic (exact) mass is 262 g/mol. The highest BCUT2D eigenvalue weighted by Crippen LogP contribution is 2.14. The van der Waals surface area contributed by atoms with Gasteiger partial charge < -0.3 is 9.88 Å². The number of rotatable bonds is 5. The van der Waals surface area contributed by atoms with E-state index in [2.05, 4.69) is 24.4 Å². The first-order valence-corrected chi connectivity index (χ1v) is 6.91. The molecule has 0 saturated carbocycles. The third-order valence-electron chi connectivity index (χ3n) is 2.88. The quantitative estimate of drug-likeness (QED) is 0.839. The summed E-state index contributed by atoms with van der Waals surface area (Å²) < 4.78 is 1.80. The Hall–Kier alpha value is -1.39. The molecule has 0 fully saturated rings. The third kappa shape index (κ3) is 3.31. The fraction of sp³-hybridized carbons (Fsp3) is 0.357. The summed E-state index contributed by atoms with van der Waals surface area (Å²) in [4.78, 5) is 14.3. The van der Waals surface area contributed by atoms with Crippen LogP contribution in [0.3, 0.4) is 0 Å². The smallest absolute Gasteiger partial charge is 0.250 e. The lowest BCUT2D eigenvalue weighted by atomic mass is 10.3. The first-order valence-electron chi connectivity index (χ1n) is 6.09. The molecule has 0 unspecified atom stereocenters. The summed E-state index contributed by atoms with van der Waals surface area (Å²) in [6.45, 7) is 6.47. The van der Waals surface area contributed by atoms with Crippen LogP contribution in [-0.4, -0.2) is 11.1 Å². The van der Waals surface area contributed by atoms with Crippen molar-refractivity contribution in [2.45, 2.75) is 26.9 Å². The molecule has 0 aliphatic rings. The number of nitrogens with one attached hydrogen (secondary N) is 1. The number of pyridine rings is 1. The lowest BCUT2D eigenvalue weighted by Crippen LogP contribution is -2.27. The molecule has 3 nitrogen and oxygen atoms in total. The maximum atomic E-state index is 11.6. The van der Waals surface area contributed by atoms with E-state index in [4.69, 9.17) is 0 Å². The Labute approximate surface area is 111 Å². The van der Waals surface area contributed by atoms with Gasteiger partial charge in [0.05, 0.1) is 0 Å². The molecule has 0 saturated heterocycles. The highest BCUT2D eigenvalue weighted by Gasteiger charge is 1.99. The summed E-state index contributed by atoms with van der Waals surface area (Å²) in [6.07, 6.45) is 0. The van der Waals surface area contributed by atoms with E-state index < -0.39 is 0 Å². The van der Waals surface area contributed by atoms with Gasteiger partial charge in [-0.15, -0.1) is 11.3 Å². The summed E-state index contributed by atoms with van der Waals surface area (Å²) in [6, 6.07) is 9.65. The summed E-state index contributed by atoms with van der Waals surface area (Å²) in [5.41, 5.74) is 1.08. The molecule has 4 heteroatoms. The first-order chi connectivity index (χ1) is 8.66. The predicted molar refractivity (Wildman–Crippen MR) is 76.2 cm³/mol. The molecule has 0 radical (unpaired) electrons. The second-order valence-electron chi connectivity index (χ2n) is 4.35. The van der Waals surface area contributed by atoms with Gasteiger partial charge in [-0.05, 0) is 32.0 Å². The van der Waals surface area contributed by atoms with E-state index in [1.165, 1.54) is 9.75 Å². The third-order valence-corrected chi connectivity index (χ3v) is 3.88. The molecule has 96 valence electrons. The van der Waals surface area contributed by atoms with Crippen molar-refractivity contribution in [3.63, 3.8) is 0 Å². The van der Waals surface area contributed by atoms with E-state index in [1.807, 2.05) is 24.3 Å². The van der Waals surface area contributed by atoms with Gasteiger partial charge in [-0.1, -0.05) is 6.07 Å². The maximum Gasteiger partial charge on any atom is 0.250 e. The Bertz CT molecular complexity index is 571. The van der Waals surface area contributed by atoms with Gasteiger partial charge in [0.1, 0.15) is 0 Å². The summed E-state index contributed by atoms with van der Waals surface area (Å²) in [5.74, 6) is 0. The molecule has 2 rings (SSSR count). The van der Waals surface area contributed by atoms with Crippen LogP contribution in [0.15, 0.2) is 35.1 Å². The van der Waals surface area contributed by atoms with Gasteiger partial charge in [0.2, 0.25) is 0 Å². The van der Waals surface area contributed by atoms with Gasteiger partial charge in [-0.3, -0.25) is 4.79 Å². The van der Waals surface area contributed by atoms with E-state index in [0.717, 1.165) is 25.3 Å². The first kappa shape index (κ1) is 13.1. The molecule has 0 amide bonds. The Morgan fingerprint density at radius 2 is 2.06 bits per heavy atom. The summed E-state index contributed by atoms with van der Waals surface area (Å²) in [5, 5.41) is 3.37. The zero-order valence-corrected chi connectivity index (χ0v) is 11.6. The maximum absolute atomic E-state index is 11.6. The number of nitrogens with zero attached hydrogens (tertiary/aromatic N) is 1. The van der Waals surface area contributed by atoms with E-state index >= 15 is 0 Å². The van der Waals surface area contributed by atoms with Crippen LogP contribution < -0.4 is 10.9 Å². The van der Waals surface area contributed by atoms with Gasteiger partial charge in [0.15, 0.2) is 0 Å². The second-order valence-corrected chi connectivity index (χ2v) is 5.72. The van der Waals surface area contributed by atoms with Crippen molar-refractivity contribution in [3.05, 3.63) is 56.1 Å². The van der Waals surface area contributed by atoms with Gasteiger partial charge in [-0.2, -0.15) is 0 Å². The molecule has 0 bridgehead atoms. The molecular weight excluding hydrogens is 244 g/mol. The number of thiophene rings is 1. The fourth-order valence-electron chi connectivity index (χ4n) is 1.89. The Morgan fingerprint density at radius 3 is 2.72 bits per heavy atom. The van der Waals surface area contributed by atoms with Crippen molar-refractivity contribution in [2.24, 2.45) is 0 Å². The molecule has 2 heterocycles. The summed E-state index contributed by atoms with van der Waals surface area (Å²) >= 11 is 1.81. The molecule has 0 spiro atoms. The van der Waals surface area contributed by atoms with Crippen LogP contribution in [-0.2, 0) is 13.1 Å². The minimum atomic E-state index is 0.0729. The standard InChI is InChI=1S/C14H18N2OS/c1-11-4-3-5-14(17)16(11)9-8-15-10-13-7-6-12(2)18-13/h3-7,15H,8-10H2,1-2H3. The lowest BCUT2D eigenvalue weighted by Gasteiger charge is -2.09.